The van der Waals surface area contributed by atoms with Crippen molar-refractivity contribution in [3.8, 4) is 0 Å². The zero-order valence-electron chi connectivity index (χ0n) is 25.3. The second-order valence-corrected chi connectivity index (χ2v) is 10.1. The fourth-order valence-corrected chi connectivity index (χ4v) is 4.19. The Morgan fingerprint density at radius 1 is 0.932 bits per heavy atom. The average molecular weight is 639 g/mol. The Morgan fingerprint density at radius 3 is 2.05 bits per heavy atom. The molecule has 0 spiro atoms. The molecule has 19 heteroatoms. The van der Waals surface area contributed by atoms with Gasteiger partial charge in [0.2, 0.25) is 23.6 Å². The number of carboxylic acid groups (broad SMARTS) is 2. The van der Waals surface area contributed by atoms with Gasteiger partial charge in [0.1, 0.15) is 36.5 Å². The highest BCUT2D eigenvalue weighted by atomic mass is 16.6. The van der Waals surface area contributed by atoms with E-state index in [1.54, 1.807) is 0 Å². The summed E-state index contributed by atoms with van der Waals surface area (Å²) in [7, 11) is 0. The Morgan fingerprint density at radius 2 is 1.52 bits per heavy atom. The van der Waals surface area contributed by atoms with E-state index in [9.17, 15) is 54.3 Å². The quantitative estimate of drug-likeness (QED) is 0.0631. The van der Waals surface area contributed by atoms with Crippen molar-refractivity contribution in [2.75, 3.05) is 13.2 Å². The van der Waals surface area contributed by atoms with Crippen molar-refractivity contribution in [3.05, 3.63) is 0 Å². The van der Waals surface area contributed by atoms with E-state index in [4.69, 9.17) is 9.47 Å². The maximum absolute atomic E-state index is 12.7. The van der Waals surface area contributed by atoms with E-state index in [1.165, 1.54) is 13.8 Å². The summed E-state index contributed by atoms with van der Waals surface area (Å²) in [4.78, 5) is 71.9. The van der Waals surface area contributed by atoms with E-state index in [0.717, 1.165) is 6.92 Å². The highest BCUT2D eigenvalue weighted by Crippen LogP contribution is 2.23. The molecule has 1 heterocycles. The summed E-state index contributed by atoms with van der Waals surface area (Å²) in [5.41, 5.74) is 3.64. The van der Waals surface area contributed by atoms with Gasteiger partial charge in [0.15, 0.2) is 6.29 Å². The second kappa shape index (κ2) is 19.7. The molecular formula is C25H46N6O13. The van der Waals surface area contributed by atoms with Crippen molar-refractivity contribution in [3.63, 3.8) is 0 Å². The third-order valence-corrected chi connectivity index (χ3v) is 6.60. The highest BCUT2D eigenvalue weighted by Gasteiger charge is 2.47. The summed E-state index contributed by atoms with van der Waals surface area (Å²) in [5.74, 6) is -6.47. The first kappa shape index (κ1) is 40.5. The molecule has 1 rings (SSSR count). The van der Waals surface area contributed by atoms with Crippen LogP contribution in [0.15, 0.2) is 0 Å². The number of hydrogen-bond donors (Lipinski definition) is 9. The fraction of sp³-hybridized carbons (Fsp3) is 0.760. The molecule has 0 aromatic rings. The summed E-state index contributed by atoms with van der Waals surface area (Å²) in [5, 5.41) is 61.9. The molecule has 0 radical (unpaired) electrons. The fourth-order valence-electron chi connectivity index (χ4n) is 4.19. The number of unbranched alkanes of at least 4 members (excludes halogenated alkanes) is 1. The summed E-state index contributed by atoms with van der Waals surface area (Å²) in [6, 6.07) is -5.58. The number of carbonyl (C=O) groups excluding carboxylic acids is 6. The first-order chi connectivity index (χ1) is 20.1. The van der Waals surface area contributed by atoms with E-state index in [2.05, 4.69) is 27.0 Å². The molecule has 0 aromatic heterocycles. The molecule has 0 saturated carbocycles. The molecule has 0 aromatic carbocycles. The van der Waals surface area contributed by atoms with Gasteiger partial charge < -0.3 is 77.7 Å². The third-order valence-electron chi connectivity index (χ3n) is 6.60. The molecule has 254 valence electrons. The SMILES string of the molecule is CC(=O)N[C@H]1C(O)O[C@H](CO)[C@@H](O)[C@@H]1O[C@H](C)C(=O)N[C@@H](C)C(=O)N[C@H](CCC(=O)N[C@@H](CCCC[NH3+])C(=O)[O-])C(=O)[O-].[NH4+]. The largest absolute Gasteiger partial charge is 0.548 e. The van der Waals surface area contributed by atoms with Crippen molar-refractivity contribution >= 4 is 35.6 Å². The summed E-state index contributed by atoms with van der Waals surface area (Å²) < 4.78 is 10.6. The second-order valence-electron chi connectivity index (χ2n) is 10.1. The standard InChI is InChI=1S/C25H43N5O13.H3N/c1-11(21(35)30-15(24(39)40)7-8-17(33)29-14(23(37)38)6-4-5-9-26)27-22(36)12(2)42-20-18(28-13(3)32)25(41)43-16(10-31)19(20)34;/h11-12,14-16,18-20,25,31,34,41H,4-10,26H2,1-3H3,(H,27,36)(H,28,32)(H,29,33)(H,30,35)(H,37,38)(H,39,40);1H3/t11-,12+,14-,15+,16+,18+,19+,20+,25?;/m0./s1. The van der Waals surface area contributed by atoms with Crippen molar-refractivity contribution in [2.24, 2.45) is 0 Å². The van der Waals surface area contributed by atoms with E-state index >= 15 is 0 Å². The lowest BCUT2D eigenvalue weighted by atomic mass is 9.96. The number of quaternary nitrogens is 2. The molecule has 1 saturated heterocycles. The van der Waals surface area contributed by atoms with Crippen LogP contribution in [0.2, 0.25) is 0 Å². The number of aliphatic carboxylic acids is 2. The zero-order chi connectivity index (χ0) is 32.9. The molecule has 1 unspecified atom stereocenters. The Kier molecular flexibility index (Phi) is 18.2. The average Bonchev–Trinajstić information content (AvgIpc) is 2.93. The van der Waals surface area contributed by atoms with Crippen LogP contribution in [0.3, 0.4) is 0 Å². The Balaban J connectivity index is 0.0000185. The maximum atomic E-state index is 12.7. The zero-order valence-corrected chi connectivity index (χ0v) is 25.3. The van der Waals surface area contributed by atoms with E-state index in [1.807, 2.05) is 0 Å². The van der Waals surface area contributed by atoms with Crippen LogP contribution in [0.5, 0.6) is 0 Å². The van der Waals surface area contributed by atoms with Gasteiger partial charge in [-0.25, -0.2) is 0 Å². The number of amides is 4. The first-order valence-electron chi connectivity index (χ1n) is 13.8. The van der Waals surface area contributed by atoms with Gasteiger partial charge in [0, 0.05) is 13.3 Å². The number of ether oxygens (including phenoxy) is 2. The number of carboxylic acids is 2. The van der Waals surface area contributed by atoms with Crippen LogP contribution < -0.4 is 43.4 Å². The van der Waals surface area contributed by atoms with Crippen LogP contribution in [-0.2, 0) is 38.2 Å². The van der Waals surface area contributed by atoms with Gasteiger partial charge in [-0.05, 0) is 39.5 Å². The van der Waals surface area contributed by atoms with Crippen LogP contribution in [0.25, 0.3) is 0 Å². The normalized spacial score (nSPS) is 23.9. The highest BCUT2D eigenvalue weighted by molar-refractivity contribution is 5.91. The van der Waals surface area contributed by atoms with Gasteiger partial charge >= 0.3 is 0 Å². The first-order valence-corrected chi connectivity index (χ1v) is 13.8. The monoisotopic (exact) mass is 638 g/mol. The number of aliphatic hydroxyl groups is 3. The Bertz CT molecular complexity index is 986. The van der Waals surface area contributed by atoms with Gasteiger partial charge in [0.25, 0.3) is 0 Å². The minimum atomic E-state index is -1.72. The molecule has 4 amide bonds. The van der Waals surface area contributed by atoms with Crippen LogP contribution in [0.1, 0.15) is 52.9 Å². The van der Waals surface area contributed by atoms with Crippen molar-refractivity contribution in [1.29, 1.82) is 0 Å². The van der Waals surface area contributed by atoms with Gasteiger partial charge in [-0.15, -0.1) is 0 Å². The lowest BCUT2D eigenvalue weighted by Gasteiger charge is -2.43. The Labute approximate surface area is 253 Å². The molecular weight excluding hydrogens is 592 g/mol. The Hall–Kier alpha value is -3.46. The van der Waals surface area contributed by atoms with Gasteiger partial charge in [-0.3, -0.25) is 19.2 Å². The number of rotatable bonds is 18. The number of carbonyl (C=O) groups is 6. The van der Waals surface area contributed by atoms with Crippen LogP contribution >= 0.6 is 0 Å². The van der Waals surface area contributed by atoms with Crippen molar-refractivity contribution < 1.29 is 69.5 Å². The molecule has 44 heavy (non-hydrogen) atoms. The minimum Gasteiger partial charge on any atom is -0.548 e. The molecule has 0 aliphatic carbocycles. The van der Waals surface area contributed by atoms with Crippen LogP contribution in [0, 0.1) is 0 Å². The lowest BCUT2D eigenvalue weighted by molar-refractivity contribution is -0.368. The van der Waals surface area contributed by atoms with Crippen LogP contribution in [0.4, 0.5) is 0 Å². The topological polar surface area (TPSA) is 340 Å². The molecule has 1 aliphatic rings. The number of nitrogens with one attached hydrogen (secondary N) is 4. The van der Waals surface area contributed by atoms with Crippen LogP contribution in [-0.4, -0.2) is 119 Å². The van der Waals surface area contributed by atoms with E-state index in [0.29, 0.717) is 19.4 Å². The van der Waals surface area contributed by atoms with E-state index in [-0.39, 0.29) is 12.6 Å². The summed E-state index contributed by atoms with van der Waals surface area (Å²) >= 11 is 0. The lowest BCUT2D eigenvalue weighted by Crippen LogP contribution is -2.65. The molecule has 0 bridgehead atoms. The van der Waals surface area contributed by atoms with Gasteiger partial charge in [-0.1, -0.05) is 0 Å². The maximum Gasteiger partial charge on any atom is 0.249 e. The predicted octanol–water partition coefficient (Wildman–Crippen LogP) is -7.12. The number of hydrogen-bond acceptors (Lipinski definition) is 13. The predicted molar refractivity (Wildman–Crippen MR) is 144 cm³/mol. The van der Waals surface area contributed by atoms with Crippen molar-refractivity contribution in [2.45, 2.75) is 108 Å². The molecule has 19 nitrogen and oxygen atoms in total. The summed E-state index contributed by atoms with van der Waals surface area (Å²) in [6.45, 7) is 3.48. The van der Waals surface area contributed by atoms with Gasteiger partial charge in [0.05, 0.1) is 37.2 Å². The van der Waals surface area contributed by atoms with E-state index < -0.39 is 110 Å². The smallest absolute Gasteiger partial charge is 0.249 e. The molecule has 9 atom stereocenters. The van der Waals surface area contributed by atoms with Crippen molar-refractivity contribution in [1.82, 2.24) is 27.4 Å². The molecule has 14 N–H and O–H groups in total. The molecule has 1 aliphatic heterocycles. The van der Waals surface area contributed by atoms with Gasteiger partial charge in [-0.2, -0.15) is 0 Å². The summed E-state index contributed by atoms with van der Waals surface area (Å²) in [6.07, 6.45) is -7.05. The molecule has 1 fully saturated rings. The number of aliphatic hydroxyl groups excluding tert-OH is 3. The third kappa shape index (κ3) is 13.0. The minimum absolute atomic E-state index is 0.